The lowest BCUT2D eigenvalue weighted by Gasteiger charge is -2.20. The summed E-state index contributed by atoms with van der Waals surface area (Å²) in [4.78, 5) is 31.7. The number of halogens is 2. The third-order valence-electron chi connectivity index (χ3n) is 8.22. The Kier molecular flexibility index (Phi) is 16.1. The number of aromatic carboxylic acids is 1. The third kappa shape index (κ3) is 12.6. The first-order valence-electron chi connectivity index (χ1n) is 17.9. The van der Waals surface area contributed by atoms with E-state index in [2.05, 4.69) is 72.3 Å². The molecule has 0 saturated heterocycles. The predicted molar refractivity (Wildman–Crippen MR) is 209 cm³/mol. The van der Waals surface area contributed by atoms with Crippen LogP contribution in [-0.4, -0.2) is 31.2 Å². The average molecular weight is 722 g/mol. The van der Waals surface area contributed by atoms with Crippen molar-refractivity contribution < 1.29 is 23.5 Å². The lowest BCUT2D eigenvalue weighted by molar-refractivity contribution is 0.0691. The number of furan rings is 1. The van der Waals surface area contributed by atoms with E-state index < -0.39 is 11.8 Å². The largest absolute Gasteiger partial charge is 0.476 e. The van der Waals surface area contributed by atoms with Crippen LogP contribution in [0.25, 0.3) is 28.0 Å². The molecule has 0 amide bonds. The zero-order chi connectivity index (χ0) is 38.7. The Balaban J connectivity index is 0.000000308. The summed E-state index contributed by atoms with van der Waals surface area (Å²) in [6, 6.07) is 13.7. The number of pyridine rings is 2. The predicted octanol–water partition coefficient (Wildman–Crippen LogP) is 12.8. The molecule has 4 aromatic heterocycles. The number of carbonyl (C=O) groups excluding carboxylic acids is 1. The van der Waals surface area contributed by atoms with Gasteiger partial charge in [-0.05, 0) is 60.9 Å². The highest BCUT2D eigenvalue weighted by Crippen LogP contribution is 2.35. The molecule has 5 rings (SSSR count). The normalized spacial score (nSPS) is 11.9. The highest BCUT2D eigenvalue weighted by Gasteiger charge is 2.25. The molecule has 9 heteroatoms. The summed E-state index contributed by atoms with van der Waals surface area (Å²) in [7, 11) is 0. The molecule has 5 aromatic rings. The Bertz CT molecular complexity index is 1890. The van der Waals surface area contributed by atoms with Crippen LogP contribution in [0.1, 0.15) is 141 Å². The number of rotatable bonds is 7. The number of benzene rings is 1. The number of aryl methyl sites for hydroxylation is 1. The van der Waals surface area contributed by atoms with Gasteiger partial charge in [-0.2, -0.15) is 0 Å². The minimum atomic E-state index is -0.997. The standard InChI is InChI=1S/C22H23ClFNO2.C9H8N2O2.C7H16.C4H10/c1-6-12(2)20(26)19-11-18-21(27-19)14(22(3,4)5)10-17(25-18)13-7-8-15(23)16(24)9-13;1-6-3-2-4-8-10-7(9(12)13)5-11(6)8;1-5-6-7(2,3)4;1-3-4-2/h7-12H,6H2,1-5H3;2-5H,1H3,(H,12,13);5-6H2,1-4H3;3-4H2,1-2H3. The summed E-state index contributed by atoms with van der Waals surface area (Å²) in [5, 5.41) is 8.77. The van der Waals surface area contributed by atoms with Crippen molar-refractivity contribution in [3.8, 4) is 11.3 Å². The maximum absolute atomic E-state index is 13.9. The maximum atomic E-state index is 13.9. The molecule has 1 N–H and O–H groups in total. The number of aromatic nitrogens is 3. The summed E-state index contributed by atoms with van der Waals surface area (Å²) in [5.74, 6) is -1.32. The number of fused-ring (bicyclic) bond motifs is 2. The van der Waals surface area contributed by atoms with Crippen molar-refractivity contribution in [3.05, 3.63) is 88.3 Å². The highest BCUT2D eigenvalue weighted by molar-refractivity contribution is 6.30. The van der Waals surface area contributed by atoms with E-state index in [0.29, 0.717) is 39.2 Å². The lowest BCUT2D eigenvalue weighted by atomic mass is 9.86. The Labute approximate surface area is 308 Å². The average Bonchev–Trinajstić information content (AvgIpc) is 3.70. The van der Waals surface area contributed by atoms with Crippen LogP contribution in [0, 0.1) is 24.1 Å². The van der Waals surface area contributed by atoms with E-state index in [9.17, 15) is 14.0 Å². The van der Waals surface area contributed by atoms with Gasteiger partial charge in [0.1, 0.15) is 17.0 Å². The second kappa shape index (κ2) is 19.0. The molecule has 278 valence electrons. The first-order chi connectivity index (χ1) is 23.8. The van der Waals surface area contributed by atoms with Crippen LogP contribution in [0.15, 0.2) is 59.1 Å². The zero-order valence-corrected chi connectivity index (χ0v) is 33.3. The quantitative estimate of drug-likeness (QED) is 0.168. The molecule has 4 heterocycles. The SMILES string of the molecule is CCC(C)C(=O)c1cc2nc(-c3ccc(Cl)c(F)c3)cc(C(C)(C)C)c2o1.CCCC.CCCC(C)(C)C.Cc1cccc2nc(C(=O)O)cn12. The van der Waals surface area contributed by atoms with Crippen LogP contribution >= 0.6 is 11.6 Å². The summed E-state index contributed by atoms with van der Waals surface area (Å²) < 4.78 is 21.6. The lowest BCUT2D eigenvalue weighted by Crippen LogP contribution is -2.12. The van der Waals surface area contributed by atoms with Crippen LogP contribution in [0.2, 0.25) is 5.02 Å². The number of carboxylic acid groups (broad SMARTS) is 1. The minimum Gasteiger partial charge on any atom is -0.476 e. The number of carbonyl (C=O) groups is 2. The van der Waals surface area contributed by atoms with Crippen molar-refractivity contribution >= 4 is 40.1 Å². The smallest absolute Gasteiger partial charge is 0.356 e. The second-order valence-electron chi connectivity index (χ2n) is 15.1. The van der Waals surface area contributed by atoms with Crippen LogP contribution in [0.5, 0.6) is 0 Å². The number of carboxylic acids is 1. The van der Waals surface area contributed by atoms with Crippen LogP contribution in [0.4, 0.5) is 4.39 Å². The van der Waals surface area contributed by atoms with Gasteiger partial charge < -0.3 is 13.9 Å². The van der Waals surface area contributed by atoms with Crippen LogP contribution < -0.4 is 0 Å². The van der Waals surface area contributed by atoms with E-state index >= 15 is 0 Å². The molecule has 1 aromatic carbocycles. The van der Waals surface area contributed by atoms with Crippen molar-refractivity contribution in [1.82, 2.24) is 14.4 Å². The molecule has 0 aliphatic rings. The Morgan fingerprint density at radius 2 is 1.59 bits per heavy atom. The highest BCUT2D eigenvalue weighted by atomic mass is 35.5. The third-order valence-corrected chi connectivity index (χ3v) is 8.53. The van der Waals surface area contributed by atoms with Gasteiger partial charge in [0.15, 0.2) is 17.0 Å². The van der Waals surface area contributed by atoms with E-state index in [-0.39, 0.29) is 27.8 Å². The maximum Gasteiger partial charge on any atom is 0.356 e. The topological polar surface area (TPSA) is 97.7 Å². The molecule has 0 bridgehead atoms. The van der Waals surface area contributed by atoms with Gasteiger partial charge in [0.05, 0.1) is 10.7 Å². The van der Waals surface area contributed by atoms with Crippen molar-refractivity contribution in [1.29, 1.82) is 0 Å². The summed E-state index contributed by atoms with van der Waals surface area (Å²) in [6.07, 6.45) is 7.55. The number of nitrogens with zero attached hydrogens (tertiary/aromatic N) is 3. The van der Waals surface area contributed by atoms with Gasteiger partial charge in [0.2, 0.25) is 5.78 Å². The van der Waals surface area contributed by atoms with E-state index in [1.54, 1.807) is 22.6 Å². The van der Waals surface area contributed by atoms with Crippen LogP contribution in [-0.2, 0) is 5.41 Å². The first-order valence-corrected chi connectivity index (χ1v) is 18.3. The fraction of sp³-hybridized carbons (Fsp3) is 0.476. The number of hydrogen-bond donors (Lipinski definition) is 1. The number of Topliss-reactive ketones (excluding diaryl/α,β-unsaturated/α-hetero) is 1. The van der Waals surface area contributed by atoms with Gasteiger partial charge in [0.25, 0.3) is 0 Å². The van der Waals surface area contributed by atoms with E-state index in [1.807, 2.05) is 39.0 Å². The molecule has 0 saturated carbocycles. The number of hydrogen-bond acceptors (Lipinski definition) is 5. The molecular formula is C42H57ClFN3O4. The number of unbranched alkanes of at least 4 members (excludes halogenated alkanes) is 1. The molecule has 0 aliphatic heterocycles. The van der Waals surface area contributed by atoms with Gasteiger partial charge in [-0.15, -0.1) is 0 Å². The Morgan fingerprint density at radius 3 is 2.06 bits per heavy atom. The molecular weight excluding hydrogens is 665 g/mol. The summed E-state index contributed by atoms with van der Waals surface area (Å²) in [6.45, 7) is 25.4. The van der Waals surface area contributed by atoms with E-state index in [4.69, 9.17) is 21.1 Å². The fourth-order valence-corrected chi connectivity index (χ4v) is 5.05. The van der Waals surface area contributed by atoms with Gasteiger partial charge >= 0.3 is 5.97 Å². The number of ketones is 1. The summed E-state index contributed by atoms with van der Waals surface area (Å²) >= 11 is 5.80. The monoisotopic (exact) mass is 721 g/mol. The molecule has 1 atom stereocenters. The van der Waals surface area contributed by atoms with E-state index in [1.165, 1.54) is 44.0 Å². The fourth-order valence-electron chi connectivity index (χ4n) is 4.93. The second-order valence-corrected chi connectivity index (χ2v) is 15.5. The van der Waals surface area contributed by atoms with Crippen molar-refractivity contribution in [2.45, 2.75) is 121 Å². The molecule has 51 heavy (non-hydrogen) atoms. The van der Waals surface area contributed by atoms with Crippen molar-refractivity contribution in [2.75, 3.05) is 0 Å². The van der Waals surface area contributed by atoms with Crippen molar-refractivity contribution in [3.63, 3.8) is 0 Å². The molecule has 7 nitrogen and oxygen atoms in total. The Hall–Kier alpha value is -4.04. The molecule has 0 fully saturated rings. The first kappa shape index (κ1) is 43.1. The van der Waals surface area contributed by atoms with E-state index in [0.717, 1.165) is 17.7 Å². The molecule has 0 radical (unpaired) electrons. The summed E-state index contributed by atoms with van der Waals surface area (Å²) in [5.41, 5.74) is 5.38. The number of imidazole rings is 1. The zero-order valence-electron chi connectivity index (χ0n) is 32.6. The van der Waals surface area contributed by atoms with Gasteiger partial charge in [-0.25, -0.2) is 19.2 Å². The molecule has 0 aliphatic carbocycles. The van der Waals surface area contributed by atoms with Crippen LogP contribution in [0.3, 0.4) is 0 Å². The Morgan fingerprint density at radius 1 is 0.941 bits per heavy atom. The van der Waals surface area contributed by atoms with Crippen molar-refractivity contribution in [2.24, 2.45) is 11.3 Å². The van der Waals surface area contributed by atoms with Gasteiger partial charge in [0, 0.05) is 35.0 Å². The molecule has 1 unspecified atom stereocenters. The van der Waals surface area contributed by atoms with Gasteiger partial charge in [-0.1, -0.05) is 119 Å². The molecule has 0 spiro atoms. The minimum absolute atomic E-state index is 0.0329. The van der Waals surface area contributed by atoms with Gasteiger partial charge in [-0.3, -0.25) is 4.79 Å².